The minimum absolute atomic E-state index is 0.102. The molecule has 0 fully saturated rings. The molecule has 2 aromatic heterocycles. The molecule has 0 N–H and O–H groups in total. The smallest absolute Gasteiger partial charge is 0.280 e. The number of ether oxygens (including phenoxy) is 1. The highest BCUT2D eigenvalue weighted by Crippen LogP contribution is 2.25. The number of nitrogens with zero attached hydrogens (tertiary/aromatic N) is 4. The number of aromatic nitrogens is 3. The number of halogens is 4. The summed E-state index contributed by atoms with van der Waals surface area (Å²) in [7, 11) is 0. The number of anilines is 1. The van der Waals surface area contributed by atoms with Crippen molar-refractivity contribution in [1.82, 2.24) is 14.5 Å². The van der Waals surface area contributed by atoms with E-state index in [1.165, 1.54) is 36.0 Å². The summed E-state index contributed by atoms with van der Waals surface area (Å²) in [5, 5.41) is -0.539. The van der Waals surface area contributed by atoms with Gasteiger partial charge < -0.3 is 9.64 Å². The van der Waals surface area contributed by atoms with Crippen molar-refractivity contribution in [3.8, 4) is 11.6 Å². The fraction of sp³-hybridized carbons (Fsp3) is 0.174. The van der Waals surface area contributed by atoms with E-state index in [0.717, 1.165) is 12.1 Å². The number of hydrogen-bond donors (Lipinski definition) is 0. The standard InChI is InChI=1S/C23H18ClF3N4O2/c1-13-11-28-20(30-7-5-16(25)6-8-30)10-19(13)31-14(2)29-22(21(24)23(31)32)33-12-15-3-4-17(26)9-18(15)27/h3-7,9-11H,8,12H2,1-2H3/i12D2. The van der Waals surface area contributed by atoms with Crippen molar-refractivity contribution in [3.63, 3.8) is 0 Å². The summed E-state index contributed by atoms with van der Waals surface area (Å²) in [6, 6.07) is 3.89. The van der Waals surface area contributed by atoms with E-state index in [2.05, 4.69) is 9.97 Å². The van der Waals surface area contributed by atoms with Crippen molar-refractivity contribution in [3.05, 3.63) is 98.6 Å². The summed E-state index contributed by atoms with van der Waals surface area (Å²) in [6.45, 7) is 0.643. The molecule has 0 aliphatic carbocycles. The molecule has 0 spiro atoms. The van der Waals surface area contributed by atoms with Crippen LogP contribution in [0.3, 0.4) is 0 Å². The van der Waals surface area contributed by atoms with Gasteiger partial charge in [-0.1, -0.05) is 11.6 Å². The van der Waals surface area contributed by atoms with Crippen molar-refractivity contribution >= 4 is 17.4 Å². The fourth-order valence-electron chi connectivity index (χ4n) is 3.16. The molecule has 6 nitrogen and oxygen atoms in total. The number of pyridine rings is 1. The molecule has 1 aliphatic rings. The maximum absolute atomic E-state index is 14.1. The topological polar surface area (TPSA) is 60.2 Å². The maximum Gasteiger partial charge on any atom is 0.280 e. The van der Waals surface area contributed by atoms with E-state index in [9.17, 15) is 18.0 Å². The number of rotatable bonds is 5. The van der Waals surface area contributed by atoms with Crippen LogP contribution in [-0.2, 0) is 6.56 Å². The third-order valence-electron chi connectivity index (χ3n) is 4.85. The Kier molecular flexibility index (Phi) is 5.53. The van der Waals surface area contributed by atoms with Crippen LogP contribution in [0.25, 0.3) is 5.69 Å². The Bertz CT molecular complexity index is 1440. The highest BCUT2D eigenvalue weighted by molar-refractivity contribution is 6.31. The van der Waals surface area contributed by atoms with Gasteiger partial charge in [0.05, 0.1) is 8.43 Å². The van der Waals surface area contributed by atoms with Gasteiger partial charge in [0.15, 0.2) is 5.02 Å². The van der Waals surface area contributed by atoms with Gasteiger partial charge in [-0.2, -0.15) is 4.98 Å². The Hall–Kier alpha value is -3.59. The fourth-order valence-corrected chi connectivity index (χ4v) is 3.32. The lowest BCUT2D eigenvalue weighted by atomic mass is 10.2. The molecule has 0 radical (unpaired) electrons. The number of benzene rings is 1. The van der Waals surface area contributed by atoms with Gasteiger partial charge in [0.1, 0.15) is 35.7 Å². The molecule has 33 heavy (non-hydrogen) atoms. The van der Waals surface area contributed by atoms with Gasteiger partial charge in [0, 0.05) is 36.6 Å². The van der Waals surface area contributed by atoms with Crippen LogP contribution in [0.15, 0.2) is 59.4 Å². The molecular formula is C23H18ClF3N4O2. The summed E-state index contributed by atoms with van der Waals surface area (Å²) in [4.78, 5) is 23.3. The lowest BCUT2D eigenvalue weighted by molar-refractivity contribution is 0.285. The molecular weight excluding hydrogens is 457 g/mol. The summed E-state index contributed by atoms with van der Waals surface area (Å²) in [6.07, 6.45) is 5.71. The first-order chi connectivity index (χ1) is 16.5. The van der Waals surface area contributed by atoms with E-state index in [-0.39, 0.29) is 18.2 Å². The van der Waals surface area contributed by atoms with Crippen LogP contribution in [0.1, 0.15) is 19.7 Å². The second-order valence-electron chi connectivity index (χ2n) is 7.13. The van der Waals surface area contributed by atoms with Crippen LogP contribution in [0.5, 0.6) is 5.88 Å². The number of hydrogen-bond acceptors (Lipinski definition) is 5. The monoisotopic (exact) mass is 476 g/mol. The normalized spacial score (nSPS) is 14.6. The Labute approximate surface area is 195 Å². The van der Waals surface area contributed by atoms with Gasteiger partial charge in [-0.15, -0.1) is 0 Å². The number of aryl methyl sites for hydroxylation is 2. The van der Waals surface area contributed by atoms with E-state index in [0.29, 0.717) is 23.1 Å². The second kappa shape index (κ2) is 9.11. The van der Waals surface area contributed by atoms with Crippen molar-refractivity contribution in [2.75, 3.05) is 11.4 Å². The first-order valence-electron chi connectivity index (χ1n) is 10.7. The molecule has 1 aromatic carbocycles. The molecule has 0 saturated carbocycles. The lowest BCUT2D eigenvalue weighted by Crippen LogP contribution is -2.25. The van der Waals surface area contributed by atoms with Gasteiger partial charge in [0.2, 0.25) is 5.88 Å². The Morgan fingerprint density at radius 3 is 2.73 bits per heavy atom. The predicted octanol–water partition coefficient (Wildman–Crippen LogP) is 4.94. The largest absolute Gasteiger partial charge is 0.471 e. The number of allylic oxidation sites excluding steroid dienone is 2. The van der Waals surface area contributed by atoms with Crippen molar-refractivity contribution < 1.29 is 20.6 Å². The van der Waals surface area contributed by atoms with Crippen LogP contribution >= 0.6 is 11.6 Å². The zero-order valence-corrected chi connectivity index (χ0v) is 18.2. The van der Waals surface area contributed by atoms with Crippen LogP contribution in [-0.4, -0.2) is 21.1 Å². The highest BCUT2D eigenvalue weighted by atomic mass is 35.5. The molecule has 0 amide bonds. The van der Waals surface area contributed by atoms with E-state index in [4.69, 9.17) is 19.1 Å². The zero-order valence-electron chi connectivity index (χ0n) is 19.4. The van der Waals surface area contributed by atoms with Gasteiger partial charge in [-0.3, -0.25) is 9.36 Å². The van der Waals surface area contributed by atoms with Gasteiger partial charge in [0.25, 0.3) is 5.56 Å². The molecule has 1 aliphatic heterocycles. The van der Waals surface area contributed by atoms with Gasteiger partial charge >= 0.3 is 0 Å². The second-order valence-corrected chi connectivity index (χ2v) is 7.51. The first kappa shape index (κ1) is 20.0. The van der Waals surface area contributed by atoms with E-state index in [1.54, 1.807) is 17.9 Å². The maximum atomic E-state index is 14.1. The summed E-state index contributed by atoms with van der Waals surface area (Å²) < 4.78 is 63.2. The van der Waals surface area contributed by atoms with Gasteiger partial charge in [-0.05, 0) is 43.7 Å². The minimum Gasteiger partial charge on any atom is -0.471 e. The summed E-state index contributed by atoms with van der Waals surface area (Å²) in [5.41, 5.74) is -0.343. The van der Waals surface area contributed by atoms with E-state index >= 15 is 0 Å². The average Bonchev–Trinajstić information content (AvgIpc) is 2.78. The van der Waals surface area contributed by atoms with Crippen molar-refractivity contribution in [1.29, 1.82) is 0 Å². The third-order valence-corrected chi connectivity index (χ3v) is 5.17. The van der Waals surface area contributed by atoms with Crippen LogP contribution in [0, 0.1) is 25.5 Å². The molecule has 0 saturated heterocycles. The average molecular weight is 477 g/mol. The van der Waals surface area contributed by atoms with Crippen LogP contribution in [0.4, 0.5) is 19.0 Å². The first-order valence-corrected chi connectivity index (χ1v) is 10.1. The predicted molar refractivity (Wildman–Crippen MR) is 118 cm³/mol. The van der Waals surface area contributed by atoms with Crippen molar-refractivity contribution in [2.45, 2.75) is 20.4 Å². The molecule has 3 aromatic rings. The van der Waals surface area contributed by atoms with Gasteiger partial charge in [-0.25, -0.2) is 18.2 Å². The van der Waals surface area contributed by atoms with Crippen LogP contribution < -0.4 is 15.2 Å². The molecule has 3 heterocycles. The Morgan fingerprint density at radius 1 is 1.24 bits per heavy atom. The molecule has 0 atom stereocenters. The molecule has 0 unspecified atom stereocenters. The van der Waals surface area contributed by atoms with E-state index < -0.39 is 40.2 Å². The highest BCUT2D eigenvalue weighted by Gasteiger charge is 2.19. The quantitative estimate of drug-likeness (QED) is 0.522. The lowest BCUT2D eigenvalue weighted by Gasteiger charge is -2.22. The van der Waals surface area contributed by atoms with Crippen molar-refractivity contribution in [2.24, 2.45) is 0 Å². The molecule has 0 bridgehead atoms. The minimum atomic E-state index is -2.80. The molecule has 170 valence electrons. The van der Waals surface area contributed by atoms with E-state index in [1.807, 2.05) is 0 Å². The molecule has 10 heteroatoms. The zero-order chi connectivity index (χ0) is 25.5. The summed E-state index contributed by atoms with van der Waals surface area (Å²) in [5.74, 6) is -2.43. The summed E-state index contributed by atoms with van der Waals surface area (Å²) >= 11 is 6.21. The molecule has 4 rings (SSSR count). The van der Waals surface area contributed by atoms with Crippen LogP contribution in [0.2, 0.25) is 5.02 Å². The Balaban J connectivity index is 1.73. The SMILES string of the molecule is [2H]C([2H])(Oc1nc(C)n(-c2cc(N3C=CC(F)=CC3)ncc2C)c(=O)c1Cl)c1ccc(F)cc1F. The third kappa shape index (κ3) is 4.63. The Morgan fingerprint density at radius 2 is 2.03 bits per heavy atom.